The second-order valence-electron chi connectivity index (χ2n) is 6.50. The molecule has 4 nitrogen and oxygen atoms in total. The van der Waals surface area contributed by atoms with Crippen LogP contribution in [0.4, 0.5) is 0 Å². The highest BCUT2D eigenvalue weighted by Crippen LogP contribution is 2.28. The van der Waals surface area contributed by atoms with Gasteiger partial charge in [-0.25, -0.2) is 4.98 Å². The van der Waals surface area contributed by atoms with Gasteiger partial charge < -0.3 is 0 Å². The van der Waals surface area contributed by atoms with Crippen molar-refractivity contribution in [2.75, 3.05) is 0 Å². The van der Waals surface area contributed by atoms with Crippen LogP contribution in [0.2, 0.25) is 0 Å². The van der Waals surface area contributed by atoms with E-state index in [1.54, 1.807) is 10.6 Å². The van der Waals surface area contributed by atoms with Crippen LogP contribution in [0.15, 0.2) is 75.6 Å². The van der Waals surface area contributed by atoms with E-state index in [2.05, 4.69) is 0 Å². The Hall–Kier alpha value is -3.09. The molecule has 3 heterocycles. The molecule has 2 aromatic carbocycles. The summed E-state index contributed by atoms with van der Waals surface area (Å²) in [6.07, 6.45) is 0. The highest BCUT2D eigenvalue weighted by molar-refractivity contribution is 7.24. The minimum absolute atomic E-state index is 0.143. The van der Waals surface area contributed by atoms with Crippen LogP contribution in [-0.2, 0) is 0 Å². The zero-order chi connectivity index (χ0) is 19.3. The Labute approximate surface area is 168 Å². The number of aryl methyl sites for hydroxylation is 1. The van der Waals surface area contributed by atoms with Gasteiger partial charge >= 0.3 is 0 Å². The van der Waals surface area contributed by atoms with E-state index in [0.717, 1.165) is 15.1 Å². The summed E-state index contributed by atoms with van der Waals surface area (Å²) in [4.78, 5) is 32.8. The summed E-state index contributed by atoms with van der Waals surface area (Å²) in [6, 6.07) is 18.9. The van der Waals surface area contributed by atoms with Gasteiger partial charge in [-0.2, -0.15) is 0 Å². The van der Waals surface area contributed by atoms with Crippen molar-refractivity contribution in [2.45, 2.75) is 6.92 Å². The average Bonchev–Trinajstić information content (AvgIpc) is 3.23. The second-order valence-corrected chi connectivity index (χ2v) is 8.47. The molecule has 5 rings (SSSR count). The van der Waals surface area contributed by atoms with Crippen molar-refractivity contribution in [3.05, 3.63) is 92.2 Å². The maximum atomic E-state index is 13.5. The molecule has 0 aliphatic carbocycles. The van der Waals surface area contributed by atoms with E-state index in [1.807, 2.05) is 66.9 Å². The predicted octanol–water partition coefficient (Wildman–Crippen LogP) is 5.00. The predicted molar refractivity (Wildman–Crippen MR) is 117 cm³/mol. The molecule has 0 saturated heterocycles. The zero-order valence-electron chi connectivity index (χ0n) is 14.9. The van der Waals surface area contributed by atoms with Crippen molar-refractivity contribution in [3.8, 4) is 16.4 Å². The molecule has 0 amide bonds. The smallest absolute Gasteiger partial charge is 0.271 e. The topological polar surface area (TPSA) is 52.0 Å². The largest absolute Gasteiger partial charge is 0.288 e. The first-order valence-corrected chi connectivity index (χ1v) is 10.4. The van der Waals surface area contributed by atoms with Crippen molar-refractivity contribution < 1.29 is 0 Å². The first-order chi connectivity index (χ1) is 13.6. The number of thiophene rings is 1. The maximum absolute atomic E-state index is 13.5. The molecule has 136 valence electrons. The number of nitrogens with zero attached hydrogens (tertiary/aromatic N) is 2. The third-order valence-electron chi connectivity index (χ3n) is 4.65. The monoisotopic (exact) mass is 402 g/mol. The molecular formula is C22H14N2O2S2. The number of aromatic nitrogens is 2. The molecule has 3 aromatic heterocycles. The lowest BCUT2D eigenvalue weighted by atomic mass is 10.2. The van der Waals surface area contributed by atoms with E-state index in [1.165, 1.54) is 22.7 Å². The van der Waals surface area contributed by atoms with Crippen LogP contribution in [-0.4, -0.2) is 9.55 Å². The van der Waals surface area contributed by atoms with E-state index in [4.69, 9.17) is 4.98 Å². The summed E-state index contributed by atoms with van der Waals surface area (Å²) in [7, 11) is 0. The maximum Gasteiger partial charge on any atom is 0.271 e. The fraction of sp³-hybridized carbons (Fsp3) is 0.0455. The van der Waals surface area contributed by atoms with Gasteiger partial charge in [0.2, 0.25) is 5.43 Å². The number of rotatable bonds is 2. The van der Waals surface area contributed by atoms with Gasteiger partial charge in [0.15, 0.2) is 5.82 Å². The van der Waals surface area contributed by atoms with Gasteiger partial charge in [-0.15, -0.1) is 22.7 Å². The minimum atomic E-state index is -0.329. The molecule has 0 N–H and O–H groups in total. The molecular weight excluding hydrogens is 388 g/mol. The molecule has 0 bridgehead atoms. The highest BCUT2D eigenvalue weighted by atomic mass is 32.1. The molecule has 0 spiro atoms. The Morgan fingerprint density at radius 1 is 0.929 bits per heavy atom. The van der Waals surface area contributed by atoms with Crippen LogP contribution in [0.25, 0.3) is 36.7 Å². The van der Waals surface area contributed by atoms with Crippen molar-refractivity contribution in [3.63, 3.8) is 0 Å². The molecule has 0 atom stereocenters. The third kappa shape index (κ3) is 2.61. The van der Waals surface area contributed by atoms with Gasteiger partial charge in [-0.1, -0.05) is 35.9 Å². The number of benzene rings is 2. The van der Waals surface area contributed by atoms with Gasteiger partial charge in [-0.3, -0.25) is 14.2 Å². The van der Waals surface area contributed by atoms with E-state index in [9.17, 15) is 9.59 Å². The van der Waals surface area contributed by atoms with Crippen molar-refractivity contribution >= 4 is 43.0 Å². The van der Waals surface area contributed by atoms with Crippen molar-refractivity contribution in [1.29, 1.82) is 0 Å². The molecule has 0 saturated carbocycles. The van der Waals surface area contributed by atoms with Gasteiger partial charge in [0, 0.05) is 10.1 Å². The fourth-order valence-corrected chi connectivity index (χ4v) is 5.00. The lowest BCUT2D eigenvalue weighted by molar-refractivity contribution is 0.980. The van der Waals surface area contributed by atoms with Crippen LogP contribution in [0.5, 0.6) is 0 Å². The minimum Gasteiger partial charge on any atom is -0.288 e. The summed E-state index contributed by atoms with van der Waals surface area (Å²) in [5.41, 5.74) is 1.21. The normalized spacial score (nSPS) is 11.3. The molecule has 0 radical (unpaired) electrons. The zero-order valence-corrected chi connectivity index (χ0v) is 16.5. The summed E-state index contributed by atoms with van der Waals surface area (Å²) >= 11 is 2.89. The molecule has 0 aliphatic heterocycles. The summed E-state index contributed by atoms with van der Waals surface area (Å²) in [5.74, 6) is 0.558. The van der Waals surface area contributed by atoms with Gasteiger partial charge in [0.05, 0.1) is 10.6 Å². The van der Waals surface area contributed by atoms with E-state index in [0.29, 0.717) is 21.7 Å². The standard InChI is InChI=1S/C22H14N2O2S2/c1-13-8-10-14(11-9-13)24-20(17-7-4-12-27-17)23-21-18(22(24)26)19(25)15-5-2-3-6-16(15)28-21/h2-12H,1H3. The fourth-order valence-electron chi connectivity index (χ4n) is 3.26. The Morgan fingerprint density at radius 2 is 1.71 bits per heavy atom. The van der Waals surface area contributed by atoms with Gasteiger partial charge in [-0.05, 0) is 42.6 Å². The van der Waals surface area contributed by atoms with Crippen LogP contribution < -0.4 is 11.0 Å². The Balaban J connectivity index is 1.97. The molecule has 0 unspecified atom stereocenters. The number of fused-ring (bicyclic) bond motifs is 2. The SMILES string of the molecule is Cc1ccc(-n2c(-c3cccs3)nc3sc4ccccc4c(=O)c3c2=O)cc1. The molecule has 6 heteroatoms. The molecule has 5 aromatic rings. The van der Waals surface area contributed by atoms with Crippen LogP contribution in [0, 0.1) is 6.92 Å². The highest BCUT2D eigenvalue weighted by Gasteiger charge is 2.19. The first-order valence-electron chi connectivity index (χ1n) is 8.73. The lowest BCUT2D eigenvalue weighted by Crippen LogP contribution is -2.25. The summed E-state index contributed by atoms with van der Waals surface area (Å²) in [6.45, 7) is 1.99. The lowest BCUT2D eigenvalue weighted by Gasteiger charge is -2.13. The molecule has 0 fully saturated rings. The van der Waals surface area contributed by atoms with Crippen LogP contribution in [0.1, 0.15) is 5.56 Å². The van der Waals surface area contributed by atoms with E-state index >= 15 is 0 Å². The second kappa shape index (κ2) is 6.51. The van der Waals surface area contributed by atoms with Crippen molar-refractivity contribution in [1.82, 2.24) is 9.55 Å². The van der Waals surface area contributed by atoms with E-state index in [-0.39, 0.29) is 16.4 Å². The third-order valence-corrected chi connectivity index (χ3v) is 6.58. The first kappa shape index (κ1) is 17.0. The Kier molecular flexibility index (Phi) is 3.96. The average molecular weight is 403 g/mol. The van der Waals surface area contributed by atoms with Crippen LogP contribution in [0.3, 0.4) is 0 Å². The summed E-state index contributed by atoms with van der Waals surface area (Å²) < 4.78 is 2.38. The van der Waals surface area contributed by atoms with Crippen molar-refractivity contribution in [2.24, 2.45) is 0 Å². The van der Waals surface area contributed by atoms with Crippen LogP contribution >= 0.6 is 22.7 Å². The van der Waals surface area contributed by atoms with E-state index < -0.39 is 0 Å². The number of hydrogen-bond donors (Lipinski definition) is 0. The van der Waals surface area contributed by atoms with Gasteiger partial charge in [0.1, 0.15) is 10.2 Å². The molecule has 0 aliphatic rings. The quantitative estimate of drug-likeness (QED) is 0.391. The Bertz CT molecular complexity index is 1450. The summed E-state index contributed by atoms with van der Waals surface area (Å²) in [5, 5.41) is 2.65. The number of hydrogen-bond acceptors (Lipinski definition) is 5. The van der Waals surface area contributed by atoms with Gasteiger partial charge in [0.25, 0.3) is 5.56 Å². The molecule has 28 heavy (non-hydrogen) atoms. The Morgan fingerprint density at radius 3 is 2.46 bits per heavy atom.